The predicted molar refractivity (Wildman–Crippen MR) is 69.0 cm³/mol. The van der Waals surface area contributed by atoms with Gasteiger partial charge in [0.1, 0.15) is 11.5 Å². The molecular formula is C13H10FN5. The summed E-state index contributed by atoms with van der Waals surface area (Å²) < 4.78 is 15.5. The Morgan fingerprint density at radius 1 is 1.16 bits per heavy atom. The van der Waals surface area contributed by atoms with Gasteiger partial charge in [-0.15, -0.1) is 0 Å². The molecule has 0 fully saturated rings. The van der Waals surface area contributed by atoms with Gasteiger partial charge in [0.25, 0.3) is 0 Å². The summed E-state index contributed by atoms with van der Waals surface area (Å²) in [6.07, 6.45) is 4.82. The van der Waals surface area contributed by atoms with Gasteiger partial charge < -0.3 is 5.73 Å². The van der Waals surface area contributed by atoms with Gasteiger partial charge in [-0.3, -0.25) is 0 Å². The molecule has 0 aliphatic carbocycles. The third-order valence-corrected chi connectivity index (χ3v) is 2.67. The molecule has 0 saturated carbocycles. The lowest BCUT2D eigenvalue weighted by molar-refractivity contribution is 0.611. The molecule has 94 valence electrons. The zero-order valence-electron chi connectivity index (χ0n) is 9.86. The highest BCUT2D eigenvalue weighted by Gasteiger charge is 2.08. The number of anilines is 1. The molecule has 0 saturated heterocycles. The molecule has 0 amide bonds. The van der Waals surface area contributed by atoms with Crippen LogP contribution in [0, 0.1) is 5.82 Å². The van der Waals surface area contributed by atoms with Crippen molar-refractivity contribution in [2.24, 2.45) is 0 Å². The smallest absolute Gasteiger partial charge is 0.220 e. The highest BCUT2D eigenvalue weighted by molar-refractivity contribution is 5.61. The summed E-state index contributed by atoms with van der Waals surface area (Å²) in [6, 6.07) is 8.23. The average Bonchev–Trinajstić information content (AvgIpc) is 2.92. The molecule has 0 aliphatic heterocycles. The van der Waals surface area contributed by atoms with E-state index < -0.39 is 0 Å². The Bertz CT molecular complexity index is 709. The second-order valence-electron chi connectivity index (χ2n) is 3.92. The molecule has 0 unspecified atom stereocenters. The number of nitrogens with two attached hydrogens (primary N) is 1. The number of benzene rings is 1. The first-order chi connectivity index (χ1) is 9.24. The first kappa shape index (κ1) is 11.3. The van der Waals surface area contributed by atoms with Crippen LogP contribution in [-0.4, -0.2) is 19.7 Å². The number of nitrogen functional groups attached to an aromatic ring is 1. The molecule has 0 bridgehead atoms. The van der Waals surface area contributed by atoms with Gasteiger partial charge in [-0.25, -0.2) is 19.0 Å². The summed E-state index contributed by atoms with van der Waals surface area (Å²) >= 11 is 0. The maximum atomic E-state index is 14.1. The predicted octanol–water partition coefficient (Wildman–Crippen LogP) is 2.05. The summed E-state index contributed by atoms with van der Waals surface area (Å²) in [5.41, 5.74) is 7.12. The van der Waals surface area contributed by atoms with Crippen LogP contribution < -0.4 is 5.73 Å². The number of halogens is 1. The van der Waals surface area contributed by atoms with Crippen molar-refractivity contribution >= 4 is 5.95 Å². The van der Waals surface area contributed by atoms with Crippen LogP contribution in [0.15, 0.2) is 48.9 Å². The average molecular weight is 255 g/mol. The van der Waals surface area contributed by atoms with Gasteiger partial charge in [-0.1, -0.05) is 6.07 Å². The van der Waals surface area contributed by atoms with E-state index in [1.165, 1.54) is 16.9 Å². The lowest BCUT2D eigenvalue weighted by atomic mass is 10.1. The van der Waals surface area contributed by atoms with Gasteiger partial charge in [-0.05, 0) is 24.3 Å². The van der Waals surface area contributed by atoms with E-state index >= 15 is 0 Å². The molecule has 3 aromatic rings. The van der Waals surface area contributed by atoms with Crippen LogP contribution in [0.2, 0.25) is 0 Å². The van der Waals surface area contributed by atoms with E-state index in [4.69, 9.17) is 5.73 Å². The van der Waals surface area contributed by atoms with Gasteiger partial charge in [0.15, 0.2) is 0 Å². The molecule has 0 aliphatic rings. The molecule has 2 heterocycles. The van der Waals surface area contributed by atoms with E-state index in [1.54, 1.807) is 36.7 Å². The molecule has 6 heteroatoms. The van der Waals surface area contributed by atoms with E-state index in [1.807, 2.05) is 0 Å². The molecular weight excluding hydrogens is 245 g/mol. The van der Waals surface area contributed by atoms with Crippen LogP contribution in [0.5, 0.6) is 0 Å². The molecule has 0 radical (unpaired) electrons. The fourth-order valence-corrected chi connectivity index (χ4v) is 1.80. The van der Waals surface area contributed by atoms with Crippen molar-refractivity contribution in [1.29, 1.82) is 0 Å². The summed E-state index contributed by atoms with van der Waals surface area (Å²) in [4.78, 5) is 7.86. The van der Waals surface area contributed by atoms with E-state index in [2.05, 4.69) is 15.1 Å². The number of nitrogens with zero attached hydrogens (tertiary/aromatic N) is 4. The fourth-order valence-electron chi connectivity index (χ4n) is 1.80. The Balaban J connectivity index is 2.05. The normalized spacial score (nSPS) is 10.6. The quantitative estimate of drug-likeness (QED) is 0.760. The van der Waals surface area contributed by atoms with Crippen LogP contribution in [0.4, 0.5) is 10.3 Å². The maximum Gasteiger partial charge on any atom is 0.220 e. The van der Waals surface area contributed by atoms with E-state index in [9.17, 15) is 4.39 Å². The van der Waals surface area contributed by atoms with Crippen molar-refractivity contribution in [3.63, 3.8) is 0 Å². The second kappa shape index (κ2) is 4.49. The topological polar surface area (TPSA) is 69.6 Å². The SMILES string of the molecule is Nc1nccc(-c2ccc(-n3cccn3)c(F)c2)n1. The van der Waals surface area contributed by atoms with Crippen LogP contribution in [0.3, 0.4) is 0 Å². The zero-order valence-corrected chi connectivity index (χ0v) is 9.86. The van der Waals surface area contributed by atoms with Gasteiger partial charge in [0, 0.05) is 24.2 Å². The largest absolute Gasteiger partial charge is 0.368 e. The minimum Gasteiger partial charge on any atom is -0.368 e. The molecule has 1 aromatic carbocycles. The molecule has 2 N–H and O–H groups in total. The maximum absolute atomic E-state index is 14.1. The molecule has 0 atom stereocenters. The summed E-state index contributed by atoms with van der Waals surface area (Å²) in [6.45, 7) is 0. The Morgan fingerprint density at radius 2 is 2.05 bits per heavy atom. The molecule has 19 heavy (non-hydrogen) atoms. The van der Waals surface area contributed by atoms with E-state index in [0.29, 0.717) is 16.9 Å². The summed E-state index contributed by atoms with van der Waals surface area (Å²) in [5.74, 6) is -0.215. The van der Waals surface area contributed by atoms with Crippen LogP contribution in [0.25, 0.3) is 16.9 Å². The van der Waals surface area contributed by atoms with Gasteiger partial charge in [0.05, 0.1) is 5.69 Å². The number of rotatable bonds is 2. The van der Waals surface area contributed by atoms with Crippen molar-refractivity contribution in [1.82, 2.24) is 19.7 Å². The second-order valence-corrected chi connectivity index (χ2v) is 3.92. The lowest BCUT2D eigenvalue weighted by Crippen LogP contribution is -1.99. The first-order valence-corrected chi connectivity index (χ1v) is 5.62. The first-order valence-electron chi connectivity index (χ1n) is 5.62. The minimum absolute atomic E-state index is 0.161. The highest BCUT2D eigenvalue weighted by atomic mass is 19.1. The van der Waals surface area contributed by atoms with Crippen molar-refractivity contribution in [3.8, 4) is 16.9 Å². The monoisotopic (exact) mass is 255 g/mol. The molecule has 3 rings (SSSR count). The van der Waals surface area contributed by atoms with Crippen molar-refractivity contribution < 1.29 is 4.39 Å². The van der Waals surface area contributed by atoms with Gasteiger partial charge in [0.2, 0.25) is 5.95 Å². The van der Waals surface area contributed by atoms with E-state index in [0.717, 1.165) is 0 Å². The van der Waals surface area contributed by atoms with Crippen LogP contribution in [0.1, 0.15) is 0 Å². The molecule has 0 spiro atoms. The Kier molecular flexibility index (Phi) is 2.68. The number of hydrogen-bond donors (Lipinski definition) is 1. The van der Waals surface area contributed by atoms with Crippen LogP contribution >= 0.6 is 0 Å². The standard InChI is InChI=1S/C13H10FN5/c14-10-8-9(11-4-6-16-13(15)18-11)2-3-12(10)19-7-1-5-17-19/h1-8H,(H2,15,16,18). The summed E-state index contributed by atoms with van der Waals surface area (Å²) in [5, 5.41) is 3.99. The lowest BCUT2D eigenvalue weighted by Gasteiger charge is -2.06. The van der Waals surface area contributed by atoms with E-state index in [-0.39, 0.29) is 11.8 Å². The van der Waals surface area contributed by atoms with Gasteiger partial charge >= 0.3 is 0 Å². The Hall–Kier alpha value is -2.76. The number of hydrogen-bond acceptors (Lipinski definition) is 4. The van der Waals surface area contributed by atoms with Crippen molar-refractivity contribution in [2.45, 2.75) is 0 Å². The van der Waals surface area contributed by atoms with Gasteiger partial charge in [-0.2, -0.15) is 5.10 Å². The van der Waals surface area contributed by atoms with Crippen molar-refractivity contribution in [3.05, 3.63) is 54.7 Å². The Labute approximate surface area is 108 Å². The zero-order chi connectivity index (χ0) is 13.2. The number of aromatic nitrogens is 4. The molecule has 5 nitrogen and oxygen atoms in total. The third kappa shape index (κ3) is 2.15. The fraction of sp³-hybridized carbons (Fsp3) is 0. The Morgan fingerprint density at radius 3 is 2.74 bits per heavy atom. The molecule has 2 aromatic heterocycles. The highest BCUT2D eigenvalue weighted by Crippen LogP contribution is 2.22. The van der Waals surface area contributed by atoms with Crippen LogP contribution in [-0.2, 0) is 0 Å². The minimum atomic E-state index is -0.376. The van der Waals surface area contributed by atoms with Crippen molar-refractivity contribution in [2.75, 3.05) is 5.73 Å². The summed E-state index contributed by atoms with van der Waals surface area (Å²) in [7, 11) is 0. The third-order valence-electron chi connectivity index (χ3n) is 2.67.